The number of pyridine rings is 2. The highest BCUT2D eigenvalue weighted by atomic mass is 19.1. The zero-order valence-electron chi connectivity index (χ0n) is 15.8. The van der Waals surface area contributed by atoms with Crippen LogP contribution in [-0.4, -0.2) is 36.0 Å². The molecule has 0 fully saturated rings. The summed E-state index contributed by atoms with van der Waals surface area (Å²) in [6.45, 7) is 1.18. The van der Waals surface area contributed by atoms with Crippen molar-refractivity contribution in [3.8, 4) is 0 Å². The second-order valence-electron chi connectivity index (χ2n) is 6.53. The molecule has 0 atom stereocenters. The molecular formula is C22H23FN4O. The highest BCUT2D eigenvalue weighted by molar-refractivity contribution is 5.94. The second-order valence-corrected chi connectivity index (χ2v) is 6.53. The highest BCUT2D eigenvalue weighted by Crippen LogP contribution is 2.11. The van der Waals surface area contributed by atoms with E-state index in [0.29, 0.717) is 24.1 Å². The topological polar surface area (TPSA) is 58.1 Å². The lowest BCUT2D eigenvalue weighted by atomic mass is 10.1. The van der Waals surface area contributed by atoms with Crippen molar-refractivity contribution >= 4 is 11.7 Å². The van der Waals surface area contributed by atoms with Gasteiger partial charge in [0.25, 0.3) is 5.91 Å². The first-order chi connectivity index (χ1) is 13.6. The molecule has 0 spiro atoms. The smallest absolute Gasteiger partial charge is 0.252 e. The number of aromatic nitrogens is 2. The zero-order chi connectivity index (χ0) is 19.8. The van der Waals surface area contributed by atoms with Gasteiger partial charge in [-0.1, -0.05) is 18.2 Å². The molecule has 1 N–H and O–H groups in total. The van der Waals surface area contributed by atoms with Gasteiger partial charge in [0.05, 0.1) is 5.56 Å². The Kier molecular flexibility index (Phi) is 6.68. The Bertz CT molecular complexity index is 900. The van der Waals surface area contributed by atoms with Gasteiger partial charge < -0.3 is 10.2 Å². The van der Waals surface area contributed by atoms with Gasteiger partial charge in [-0.3, -0.25) is 9.78 Å². The molecule has 0 radical (unpaired) electrons. The van der Waals surface area contributed by atoms with E-state index in [-0.39, 0.29) is 11.7 Å². The molecule has 3 rings (SSSR count). The first-order valence-corrected chi connectivity index (χ1v) is 9.21. The van der Waals surface area contributed by atoms with Gasteiger partial charge in [-0.25, -0.2) is 9.37 Å². The number of carbonyl (C=O) groups is 1. The average Bonchev–Trinajstić information content (AvgIpc) is 2.74. The molecule has 0 saturated heterocycles. The summed E-state index contributed by atoms with van der Waals surface area (Å²) in [6, 6.07) is 14.2. The number of halogens is 1. The number of nitrogens with one attached hydrogen (secondary N) is 1. The minimum Gasteiger partial charge on any atom is -0.359 e. The van der Waals surface area contributed by atoms with Gasteiger partial charge in [-0.2, -0.15) is 0 Å². The van der Waals surface area contributed by atoms with Crippen molar-refractivity contribution in [3.05, 3.63) is 89.6 Å². The number of anilines is 1. The lowest BCUT2D eigenvalue weighted by Gasteiger charge is -2.18. The molecule has 144 valence electrons. The predicted molar refractivity (Wildman–Crippen MR) is 108 cm³/mol. The van der Waals surface area contributed by atoms with E-state index >= 15 is 0 Å². The van der Waals surface area contributed by atoms with E-state index in [1.807, 2.05) is 30.1 Å². The summed E-state index contributed by atoms with van der Waals surface area (Å²) in [6.07, 6.45) is 6.47. The number of nitrogens with zero attached hydrogens (tertiary/aromatic N) is 3. The predicted octanol–water partition coefficient (Wildman–Crippen LogP) is 3.27. The van der Waals surface area contributed by atoms with Crippen LogP contribution in [0.3, 0.4) is 0 Å². The van der Waals surface area contributed by atoms with Crippen LogP contribution in [0.25, 0.3) is 0 Å². The van der Waals surface area contributed by atoms with Crippen LogP contribution in [0.5, 0.6) is 0 Å². The van der Waals surface area contributed by atoms with Crippen LogP contribution < -0.4 is 10.2 Å². The summed E-state index contributed by atoms with van der Waals surface area (Å²) in [5, 5.41) is 2.80. The zero-order valence-corrected chi connectivity index (χ0v) is 15.8. The molecule has 28 heavy (non-hydrogen) atoms. The summed E-state index contributed by atoms with van der Waals surface area (Å²) >= 11 is 0. The molecule has 2 heterocycles. The summed E-state index contributed by atoms with van der Waals surface area (Å²) in [7, 11) is 1.97. The summed E-state index contributed by atoms with van der Waals surface area (Å²) in [5.41, 5.74) is 2.29. The fourth-order valence-electron chi connectivity index (χ4n) is 2.82. The normalized spacial score (nSPS) is 10.5. The van der Waals surface area contributed by atoms with Crippen molar-refractivity contribution in [3.63, 3.8) is 0 Å². The lowest BCUT2D eigenvalue weighted by Crippen LogP contribution is -2.26. The first kappa shape index (κ1) is 19.5. The molecule has 1 amide bonds. The summed E-state index contributed by atoms with van der Waals surface area (Å²) in [5.74, 6) is 0.337. The molecule has 1 aromatic carbocycles. The Morgan fingerprint density at radius 1 is 1.07 bits per heavy atom. The monoisotopic (exact) mass is 378 g/mol. The number of benzene rings is 1. The number of rotatable bonds is 8. The standard InChI is InChI=1S/C22H23FN4O/c1-27(15-11-17-8-12-24-13-9-17)21-7-6-19(16-26-21)22(28)25-14-10-18-4-2-3-5-20(18)23/h2-9,12-13,16H,10-11,14-15H2,1H3,(H,25,28). The molecule has 0 aliphatic rings. The third-order valence-electron chi connectivity index (χ3n) is 4.52. The molecule has 0 aliphatic carbocycles. The molecule has 0 saturated carbocycles. The molecule has 3 aromatic rings. The Morgan fingerprint density at radius 2 is 1.86 bits per heavy atom. The summed E-state index contributed by atoms with van der Waals surface area (Å²) < 4.78 is 13.6. The minimum atomic E-state index is -0.252. The van der Waals surface area contributed by atoms with Crippen molar-refractivity contribution in [2.75, 3.05) is 25.0 Å². The van der Waals surface area contributed by atoms with E-state index < -0.39 is 0 Å². The average molecular weight is 378 g/mol. The largest absolute Gasteiger partial charge is 0.359 e. The van der Waals surface area contributed by atoms with Crippen LogP contribution in [0.1, 0.15) is 21.5 Å². The maximum Gasteiger partial charge on any atom is 0.252 e. The first-order valence-electron chi connectivity index (χ1n) is 9.21. The van der Waals surface area contributed by atoms with E-state index in [2.05, 4.69) is 15.3 Å². The minimum absolute atomic E-state index is 0.213. The van der Waals surface area contributed by atoms with Crippen molar-refractivity contribution in [2.45, 2.75) is 12.8 Å². The Labute approximate surface area is 164 Å². The summed E-state index contributed by atoms with van der Waals surface area (Å²) in [4.78, 5) is 22.7. The molecule has 0 bridgehead atoms. The molecular weight excluding hydrogens is 355 g/mol. The number of likely N-dealkylation sites (N-methyl/N-ethyl adjacent to an activating group) is 1. The maximum absolute atomic E-state index is 13.6. The molecule has 0 unspecified atom stereocenters. The third kappa shape index (κ3) is 5.36. The van der Waals surface area contributed by atoms with E-state index in [0.717, 1.165) is 18.8 Å². The van der Waals surface area contributed by atoms with Gasteiger partial charge in [-0.15, -0.1) is 0 Å². The Balaban J connectivity index is 1.49. The van der Waals surface area contributed by atoms with Gasteiger partial charge in [0.15, 0.2) is 0 Å². The number of carbonyl (C=O) groups excluding carboxylic acids is 1. The van der Waals surface area contributed by atoms with E-state index in [4.69, 9.17) is 0 Å². The van der Waals surface area contributed by atoms with Gasteiger partial charge in [0.2, 0.25) is 0 Å². The molecule has 6 heteroatoms. The van der Waals surface area contributed by atoms with Crippen LogP contribution >= 0.6 is 0 Å². The lowest BCUT2D eigenvalue weighted by molar-refractivity contribution is 0.0953. The van der Waals surface area contributed by atoms with Crippen molar-refractivity contribution in [1.82, 2.24) is 15.3 Å². The quantitative estimate of drug-likeness (QED) is 0.654. The maximum atomic E-state index is 13.6. The van der Waals surface area contributed by atoms with E-state index in [1.165, 1.54) is 11.6 Å². The van der Waals surface area contributed by atoms with Crippen molar-refractivity contribution in [2.24, 2.45) is 0 Å². The molecule has 0 aliphatic heterocycles. The van der Waals surface area contributed by atoms with Crippen molar-refractivity contribution < 1.29 is 9.18 Å². The Morgan fingerprint density at radius 3 is 2.57 bits per heavy atom. The van der Waals surface area contributed by atoms with Gasteiger partial charge in [0.1, 0.15) is 11.6 Å². The fourth-order valence-corrected chi connectivity index (χ4v) is 2.82. The molecule has 2 aromatic heterocycles. The van der Waals surface area contributed by atoms with Crippen LogP contribution in [0.2, 0.25) is 0 Å². The number of amides is 1. The van der Waals surface area contributed by atoms with Crippen LogP contribution in [0.4, 0.5) is 10.2 Å². The van der Waals surface area contributed by atoms with Gasteiger partial charge in [-0.05, 0) is 54.3 Å². The van der Waals surface area contributed by atoms with Gasteiger partial charge >= 0.3 is 0 Å². The fraction of sp³-hybridized carbons (Fsp3) is 0.227. The Hall–Kier alpha value is -3.28. The highest BCUT2D eigenvalue weighted by Gasteiger charge is 2.09. The molecule has 5 nitrogen and oxygen atoms in total. The second kappa shape index (κ2) is 9.60. The van der Waals surface area contributed by atoms with Crippen molar-refractivity contribution in [1.29, 1.82) is 0 Å². The number of hydrogen-bond acceptors (Lipinski definition) is 4. The van der Waals surface area contributed by atoms with Gasteiger partial charge in [0, 0.05) is 38.7 Å². The van der Waals surface area contributed by atoms with Crippen LogP contribution in [0.15, 0.2) is 67.1 Å². The van der Waals surface area contributed by atoms with Crippen LogP contribution in [0, 0.1) is 5.82 Å². The SMILES string of the molecule is CN(CCc1ccncc1)c1ccc(C(=O)NCCc2ccccc2F)cn1. The third-order valence-corrected chi connectivity index (χ3v) is 4.52. The van der Waals surface area contributed by atoms with Crippen LogP contribution in [-0.2, 0) is 12.8 Å². The van der Waals surface area contributed by atoms with E-state index in [1.54, 1.807) is 42.9 Å². The van der Waals surface area contributed by atoms with E-state index in [9.17, 15) is 9.18 Å². The number of hydrogen-bond donors (Lipinski definition) is 1.